The summed E-state index contributed by atoms with van der Waals surface area (Å²) < 4.78 is 0. The molecule has 0 heterocycles. The van der Waals surface area contributed by atoms with E-state index >= 15 is 0 Å². The molecule has 1 rings (SSSR count). The number of nitrogens with two attached hydrogens (primary N) is 1. The van der Waals surface area contributed by atoms with E-state index in [0.29, 0.717) is 5.56 Å². The smallest absolute Gasteiger partial charge is 0.326 e. The molecule has 0 aliphatic carbocycles. The monoisotopic (exact) mass is 367 g/mol. The number of carbonyl (C=O) groups is 4. The lowest BCUT2D eigenvalue weighted by atomic mass is 10.0. The molecule has 0 fully saturated rings. The topological polar surface area (TPSA) is 179 Å². The molecule has 0 aliphatic rings. The molecule has 1 aromatic carbocycles. The van der Waals surface area contributed by atoms with Gasteiger partial charge in [0.25, 0.3) is 0 Å². The van der Waals surface area contributed by atoms with Gasteiger partial charge in [0.1, 0.15) is 18.1 Å². The normalized spacial score (nSPS) is 13.9. The van der Waals surface area contributed by atoms with E-state index < -0.39 is 54.9 Å². The van der Waals surface area contributed by atoms with Crippen molar-refractivity contribution in [3.8, 4) is 0 Å². The van der Waals surface area contributed by atoms with Crippen LogP contribution in [-0.2, 0) is 25.6 Å². The number of carbonyl (C=O) groups excluding carboxylic acids is 2. The van der Waals surface area contributed by atoms with Crippen LogP contribution >= 0.6 is 0 Å². The standard InChI is InChI=1S/C16H21N3O7/c17-10(8-20)14(23)18-11(7-13(21)22)15(24)19-12(16(25)26)6-9-4-2-1-3-5-9/h1-5,10-12,20H,6-8,17H2,(H,18,23)(H,19,24)(H,21,22)(H,25,26)/t10-,11-,12-/m0/s1. The third-order valence-corrected chi connectivity index (χ3v) is 3.44. The van der Waals surface area contributed by atoms with Gasteiger partial charge in [-0.25, -0.2) is 4.79 Å². The quantitative estimate of drug-likeness (QED) is 0.277. The van der Waals surface area contributed by atoms with Gasteiger partial charge >= 0.3 is 11.9 Å². The Morgan fingerprint density at radius 1 is 0.962 bits per heavy atom. The summed E-state index contributed by atoms with van der Waals surface area (Å²) >= 11 is 0. The summed E-state index contributed by atoms with van der Waals surface area (Å²) in [6.07, 6.45) is -0.792. The van der Waals surface area contributed by atoms with Crippen molar-refractivity contribution in [2.75, 3.05) is 6.61 Å². The highest BCUT2D eigenvalue weighted by Crippen LogP contribution is 2.05. The second-order valence-corrected chi connectivity index (χ2v) is 5.54. The summed E-state index contributed by atoms with van der Waals surface area (Å²) in [5, 5.41) is 31.3. The summed E-state index contributed by atoms with van der Waals surface area (Å²) in [6.45, 7) is -0.695. The Morgan fingerprint density at radius 3 is 2.04 bits per heavy atom. The molecule has 7 N–H and O–H groups in total. The van der Waals surface area contributed by atoms with Gasteiger partial charge in [0.2, 0.25) is 11.8 Å². The van der Waals surface area contributed by atoms with Crippen molar-refractivity contribution in [2.24, 2.45) is 5.73 Å². The van der Waals surface area contributed by atoms with Crippen LogP contribution in [0, 0.1) is 0 Å². The van der Waals surface area contributed by atoms with Gasteiger partial charge in [0, 0.05) is 6.42 Å². The van der Waals surface area contributed by atoms with Crippen molar-refractivity contribution < 1.29 is 34.5 Å². The Bertz CT molecular complexity index is 651. The summed E-state index contributed by atoms with van der Waals surface area (Å²) in [7, 11) is 0. The van der Waals surface area contributed by atoms with Crippen LogP contribution in [0.2, 0.25) is 0 Å². The van der Waals surface area contributed by atoms with Crippen molar-refractivity contribution in [3.05, 3.63) is 35.9 Å². The summed E-state index contributed by atoms with van der Waals surface area (Å²) in [6, 6.07) is 4.34. The van der Waals surface area contributed by atoms with Crippen LogP contribution < -0.4 is 16.4 Å². The minimum atomic E-state index is -1.53. The molecule has 0 spiro atoms. The van der Waals surface area contributed by atoms with Crippen LogP contribution in [0.15, 0.2) is 30.3 Å². The molecule has 0 saturated carbocycles. The lowest BCUT2D eigenvalue weighted by Gasteiger charge is -2.21. The zero-order valence-electron chi connectivity index (χ0n) is 13.8. The van der Waals surface area contributed by atoms with E-state index in [9.17, 15) is 24.3 Å². The van der Waals surface area contributed by atoms with Gasteiger partial charge in [-0.2, -0.15) is 0 Å². The number of nitrogens with one attached hydrogen (secondary N) is 2. The number of aliphatic carboxylic acids is 2. The predicted octanol–water partition coefficient (Wildman–Crippen LogP) is -1.92. The first kappa shape index (κ1) is 21.1. The number of aliphatic hydroxyl groups excluding tert-OH is 1. The van der Waals surface area contributed by atoms with E-state index in [1.54, 1.807) is 30.3 Å². The number of carboxylic acid groups (broad SMARTS) is 2. The zero-order valence-corrected chi connectivity index (χ0v) is 13.8. The molecule has 0 bridgehead atoms. The van der Waals surface area contributed by atoms with E-state index in [0.717, 1.165) is 0 Å². The van der Waals surface area contributed by atoms with Crippen molar-refractivity contribution in [1.29, 1.82) is 0 Å². The highest BCUT2D eigenvalue weighted by atomic mass is 16.4. The highest BCUT2D eigenvalue weighted by molar-refractivity contribution is 5.94. The van der Waals surface area contributed by atoms with E-state index in [2.05, 4.69) is 10.6 Å². The molecular formula is C16H21N3O7. The van der Waals surface area contributed by atoms with E-state index in [1.807, 2.05) is 0 Å². The molecule has 0 radical (unpaired) electrons. The highest BCUT2D eigenvalue weighted by Gasteiger charge is 2.29. The predicted molar refractivity (Wildman–Crippen MR) is 89.0 cm³/mol. The minimum absolute atomic E-state index is 0.0220. The summed E-state index contributed by atoms with van der Waals surface area (Å²) in [5.41, 5.74) is 5.97. The number of hydrogen-bond acceptors (Lipinski definition) is 6. The van der Waals surface area contributed by atoms with Gasteiger partial charge in [0.05, 0.1) is 13.0 Å². The SMILES string of the molecule is N[C@@H](CO)C(=O)N[C@@H](CC(=O)O)C(=O)N[C@@H](Cc1ccccc1)C(=O)O. The Balaban J connectivity index is 2.85. The number of aliphatic hydroxyl groups is 1. The van der Waals surface area contributed by atoms with Crippen LogP contribution in [0.3, 0.4) is 0 Å². The van der Waals surface area contributed by atoms with Gasteiger partial charge in [-0.05, 0) is 5.56 Å². The molecule has 10 heteroatoms. The molecule has 0 aliphatic heterocycles. The Kier molecular flexibility index (Phi) is 8.19. The van der Waals surface area contributed by atoms with Gasteiger partial charge < -0.3 is 31.7 Å². The lowest BCUT2D eigenvalue weighted by molar-refractivity contribution is -0.143. The number of benzene rings is 1. The van der Waals surface area contributed by atoms with Crippen molar-refractivity contribution in [2.45, 2.75) is 31.0 Å². The first-order chi connectivity index (χ1) is 12.2. The van der Waals surface area contributed by atoms with E-state index in [4.69, 9.17) is 15.9 Å². The number of rotatable bonds is 10. The molecular weight excluding hydrogens is 346 g/mol. The molecule has 0 aromatic heterocycles. The van der Waals surface area contributed by atoms with Crippen LogP contribution in [-0.4, -0.2) is 63.8 Å². The van der Waals surface area contributed by atoms with E-state index in [-0.39, 0.29) is 6.42 Å². The van der Waals surface area contributed by atoms with Gasteiger partial charge in [-0.15, -0.1) is 0 Å². The number of carboxylic acids is 2. The van der Waals surface area contributed by atoms with Crippen LogP contribution in [0.4, 0.5) is 0 Å². The first-order valence-corrected chi connectivity index (χ1v) is 7.70. The fourth-order valence-corrected chi connectivity index (χ4v) is 2.07. The molecule has 142 valence electrons. The molecule has 0 saturated heterocycles. The maximum atomic E-state index is 12.3. The molecule has 10 nitrogen and oxygen atoms in total. The Morgan fingerprint density at radius 2 is 1.54 bits per heavy atom. The number of amides is 2. The van der Waals surface area contributed by atoms with Crippen LogP contribution in [0.25, 0.3) is 0 Å². The Hall–Kier alpha value is -2.98. The third-order valence-electron chi connectivity index (χ3n) is 3.44. The fourth-order valence-electron chi connectivity index (χ4n) is 2.07. The van der Waals surface area contributed by atoms with Crippen LogP contribution in [0.1, 0.15) is 12.0 Å². The molecule has 2 amide bonds. The second-order valence-electron chi connectivity index (χ2n) is 5.54. The number of hydrogen-bond donors (Lipinski definition) is 6. The molecule has 1 aromatic rings. The average molecular weight is 367 g/mol. The second kappa shape index (κ2) is 10.1. The van der Waals surface area contributed by atoms with E-state index in [1.165, 1.54) is 0 Å². The van der Waals surface area contributed by atoms with Gasteiger partial charge in [-0.1, -0.05) is 30.3 Å². The summed E-state index contributed by atoms with van der Waals surface area (Å²) in [5.74, 6) is -4.59. The van der Waals surface area contributed by atoms with Crippen LogP contribution in [0.5, 0.6) is 0 Å². The molecule has 0 unspecified atom stereocenters. The van der Waals surface area contributed by atoms with Gasteiger partial charge in [0.15, 0.2) is 0 Å². The van der Waals surface area contributed by atoms with Crippen molar-refractivity contribution in [3.63, 3.8) is 0 Å². The zero-order chi connectivity index (χ0) is 19.7. The fraction of sp³-hybridized carbons (Fsp3) is 0.375. The first-order valence-electron chi connectivity index (χ1n) is 7.70. The minimum Gasteiger partial charge on any atom is -0.481 e. The molecule has 3 atom stereocenters. The maximum absolute atomic E-state index is 12.3. The largest absolute Gasteiger partial charge is 0.481 e. The van der Waals surface area contributed by atoms with Gasteiger partial charge in [-0.3, -0.25) is 14.4 Å². The third kappa shape index (κ3) is 6.87. The molecule has 26 heavy (non-hydrogen) atoms. The Labute approximate surface area is 149 Å². The summed E-state index contributed by atoms with van der Waals surface area (Å²) in [4.78, 5) is 46.3. The average Bonchev–Trinajstić information content (AvgIpc) is 2.60. The van der Waals surface area contributed by atoms with Crippen molar-refractivity contribution >= 4 is 23.8 Å². The lowest BCUT2D eigenvalue weighted by Crippen LogP contribution is -2.56. The van der Waals surface area contributed by atoms with Crippen molar-refractivity contribution in [1.82, 2.24) is 10.6 Å². The maximum Gasteiger partial charge on any atom is 0.326 e.